The molecule has 1 aromatic rings. The third kappa shape index (κ3) is 1.39. The number of ether oxygens (including phenoxy) is 1. The molecule has 1 aliphatic heterocycles. The molecule has 3 nitrogen and oxygen atoms in total. The van der Waals surface area contributed by atoms with Crippen LogP contribution in [0, 0.1) is 6.92 Å². The highest BCUT2D eigenvalue weighted by Gasteiger charge is 2.22. The van der Waals surface area contributed by atoms with Gasteiger partial charge < -0.3 is 16.2 Å². The number of thioether (sulfide) groups is 1. The van der Waals surface area contributed by atoms with Crippen molar-refractivity contribution in [2.45, 2.75) is 24.8 Å². The summed E-state index contributed by atoms with van der Waals surface area (Å²) in [6.07, 6.45) is 0.205. The SMILES string of the molecule is Cc1cc(N)c2c(c1N)OC(C)CS2. The second-order valence-electron chi connectivity index (χ2n) is 3.59. The van der Waals surface area contributed by atoms with Crippen molar-refractivity contribution in [1.82, 2.24) is 0 Å². The maximum Gasteiger partial charge on any atom is 0.158 e. The van der Waals surface area contributed by atoms with Gasteiger partial charge in [0.25, 0.3) is 0 Å². The Morgan fingerprint density at radius 1 is 1.50 bits per heavy atom. The maximum atomic E-state index is 5.94. The largest absolute Gasteiger partial charge is 0.486 e. The number of aryl methyl sites for hydroxylation is 1. The zero-order chi connectivity index (χ0) is 10.3. The van der Waals surface area contributed by atoms with Crippen LogP contribution in [0.5, 0.6) is 5.75 Å². The van der Waals surface area contributed by atoms with Gasteiger partial charge in [-0.1, -0.05) is 0 Å². The third-order valence-corrected chi connectivity index (χ3v) is 3.64. The topological polar surface area (TPSA) is 61.3 Å². The van der Waals surface area contributed by atoms with Crippen LogP contribution in [0.25, 0.3) is 0 Å². The molecule has 14 heavy (non-hydrogen) atoms. The average molecular weight is 210 g/mol. The zero-order valence-electron chi connectivity index (χ0n) is 8.33. The van der Waals surface area contributed by atoms with Gasteiger partial charge in [-0.15, -0.1) is 11.8 Å². The van der Waals surface area contributed by atoms with Gasteiger partial charge in [-0.25, -0.2) is 0 Å². The van der Waals surface area contributed by atoms with Crippen LogP contribution in [0.1, 0.15) is 12.5 Å². The van der Waals surface area contributed by atoms with Gasteiger partial charge in [0, 0.05) is 11.4 Å². The van der Waals surface area contributed by atoms with E-state index in [1.165, 1.54) is 0 Å². The van der Waals surface area contributed by atoms with E-state index in [2.05, 4.69) is 0 Å². The lowest BCUT2D eigenvalue weighted by Gasteiger charge is -2.25. The van der Waals surface area contributed by atoms with Crippen molar-refractivity contribution in [2.75, 3.05) is 17.2 Å². The smallest absolute Gasteiger partial charge is 0.158 e. The van der Waals surface area contributed by atoms with E-state index in [1.807, 2.05) is 19.9 Å². The molecule has 0 fully saturated rings. The van der Waals surface area contributed by atoms with E-state index in [9.17, 15) is 0 Å². The Hall–Kier alpha value is -1.03. The minimum atomic E-state index is 0.205. The first-order valence-corrected chi connectivity index (χ1v) is 5.56. The Kier molecular flexibility index (Phi) is 2.23. The fourth-order valence-corrected chi connectivity index (χ4v) is 2.49. The normalized spacial score (nSPS) is 20.0. The van der Waals surface area contributed by atoms with E-state index in [0.29, 0.717) is 5.69 Å². The Labute approximate surface area is 87.8 Å². The van der Waals surface area contributed by atoms with Gasteiger partial charge in [-0.2, -0.15) is 0 Å². The van der Waals surface area contributed by atoms with Crippen molar-refractivity contribution in [2.24, 2.45) is 0 Å². The van der Waals surface area contributed by atoms with E-state index in [-0.39, 0.29) is 6.10 Å². The second kappa shape index (κ2) is 3.28. The predicted molar refractivity (Wildman–Crippen MR) is 60.8 cm³/mol. The molecule has 1 heterocycles. The number of hydrogen-bond donors (Lipinski definition) is 2. The van der Waals surface area contributed by atoms with E-state index < -0.39 is 0 Å². The number of anilines is 2. The number of fused-ring (bicyclic) bond motifs is 1. The van der Waals surface area contributed by atoms with Gasteiger partial charge in [0.1, 0.15) is 6.10 Å². The fraction of sp³-hybridized carbons (Fsp3) is 0.400. The molecule has 0 aromatic heterocycles. The Morgan fingerprint density at radius 3 is 2.93 bits per heavy atom. The standard InChI is InChI=1S/C10H14N2OS/c1-5-3-7(11)10-9(8(5)12)13-6(2)4-14-10/h3,6H,4,11-12H2,1-2H3. The Balaban J connectivity index is 2.57. The summed E-state index contributed by atoms with van der Waals surface area (Å²) in [6, 6.07) is 1.90. The number of hydrogen-bond acceptors (Lipinski definition) is 4. The molecular formula is C10H14N2OS. The first-order chi connectivity index (χ1) is 6.59. The molecule has 0 bridgehead atoms. The molecule has 1 unspecified atom stereocenters. The zero-order valence-corrected chi connectivity index (χ0v) is 9.15. The highest BCUT2D eigenvalue weighted by molar-refractivity contribution is 7.99. The van der Waals surface area contributed by atoms with E-state index in [4.69, 9.17) is 16.2 Å². The van der Waals surface area contributed by atoms with Crippen LogP contribution in [0.3, 0.4) is 0 Å². The summed E-state index contributed by atoms with van der Waals surface area (Å²) in [4.78, 5) is 0.992. The molecule has 2 rings (SSSR count). The summed E-state index contributed by atoms with van der Waals surface area (Å²) in [6.45, 7) is 3.98. The second-order valence-corrected chi connectivity index (χ2v) is 4.62. The van der Waals surface area contributed by atoms with Crippen LogP contribution >= 0.6 is 11.8 Å². The van der Waals surface area contributed by atoms with Crippen LogP contribution in [0.15, 0.2) is 11.0 Å². The lowest BCUT2D eigenvalue weighted by Crippen LogP contribution is -2.20. The molecular weight excluding hydrogens is 196 g/mol. The molecule has 0 amide bonds. The van der Waals surface area contributed by atoms with Crippen molar-refractivity contribution in [1.29, 1.82) is 0 Å². The van der Waals surface area contributed by atoms with Crippen molar-refractivity contribution in [3.8, 4) is 5.75 Å². The number of benzene rings is 1. The Bertz CT molecular complexity index is 379. The van der Waals surface area contributed by atoms with E-state index in [0.717, 1.165) is 27.6 Å². The third-order valence-electron chi connectivity index (χ3n) is 2.29. The van der Waals surface area contributed by atoms with Gasteiger partial charge >= 0.3 is 0 Å². The van der Waals surface area contributed by atoms with Crippen LogP contribution < -0.4 is 16.2 Å². The fourth-order valence-electron chi connectivity index (χ4n) is 1.51. The summed E-state index contributed by atoms with van der Waals surface area (Å²) in [5.41, 5.74) is 14.3. The van der Waals surface area contributed by atoms with Gasteiger partial charge in [-0.05, 0) is 25.5 Å². The minimum Gasteiger partial charge on any atom is -0.486 e. The van der Waals surface area contributed by atoms with Crippen LogP contribution in [-0.2, 0) is 0 Å². The minimum absolute atomic E-state index is 0.205. The Morgan fingerprint density at radius 2 is 2.21 bits per heavy atom. The summed E-state index contributed by atoms with van der Waals surface area (Å²) in [5.74, 6) is 1.70. The highest BCUT2D eigenvalue weighted by Crippen LogP contribution is 2.44. The molecule has 1 aromatic carbocycles. The van der Waals surface area contributed by atoms with Gasteiger partial charge in [-0.3, -0.25) is 0 Å². The molecule has 0 aliphatic carbocycles. The molecule has 0 spiro atoms. The lowest BCUT2D eigenvalue weighted by atomic mass is 10.1. The molecule has 76 valence electrons. The van der Waals surface area contributed by atoms with Crippen molar-refractivity contribution >= 4 is 23.1 Å². The first kappa shape index (κ1) is 9.52. The van der Waals surface area contributed by atoms with Gasteiger partial charge in [0.2, 0.25) is 0 Å². The summed E-state index contributed by atoms with van der Waals surface area (Å²) in [7, 11) is 0. The maximum absolute atomic E-state index is 5.94. The van der Waals surface area contributed by atoms with Crippen LogP contribution in [0.4, 0.5) is 11.4 Å². The molecule has 1 aliphatic rings. The molecule has 4 N–H and O–H groups in total. The monoisotopic (exact) mass is 210 g/mol. The molecule has 0 saturated heterocycles. The lowest BCUT2D eigenvalue weighted by molar-refractivity contribution is 0.237. The summed E-state index contributed by atoms with van der Waals surface area (Å²) >= 11 is 1.72. The first-order valence-electron chi connectivity index (χ1n) is 4.57. The van der Waals surface area contributed by atoms with E-state index in [1.54, 1.807) is 11.8 Å². The van der Waals surface area contributed by atoms with Gasteiger partial charge in [0.15, 0.2) is 5.75 Å². The molecule has 1 atom stereocenters. The number of nitrogens with two attached hydrogens (primary N) is 2. The predicted octanol–water partition coefficient (Wildman–Crippen LogP) is 2.03. The molecule has 0 saturated carbocycles. The van der Waals surface area contributed by atoms with Crippen molar-refractivity contribution in [3.05, 3.63) is 11.6 Å². The van der Waals surface area contributed by atoms with Crippen LogP contribution in [0.2, 0.25) is 0 Å². The highest BCUT2D eigenvalue weighted by atomic mass is 32.2. The summed E-state index contributed by atoms with van der Waals surface area (Å²) in [5, 5.41) is 0. The van der Waals surface area contributed by atoms with Gasteiger partial charge in [0.05, 0.1) is 10.6 Å². The van der Waals surface area contributed by atoms with Crippen LogP contribution in [-0.4, -0.2) is 11.9 Å². The van der Waals surface area contributed by atoms with Crippen molar-refractivity contribution in [3.63, 3.8) is 0 Å². The molecule has 0 radical (unpaired) electrons. The average Bonchev–Trinajstić information content (AvgIpc) is 2.14. The quantitative estimate of drug-likeness (QED) is 0.643. The molecule has 4 heteroatoms. The van der Waals surface area contributed by atoms with Crippen molar-refractivity contribution < 1.29 is 4.74 Å². The summed E-state index contributed by atoms with van der Waals surface area (Å²) < 4.78 is 5.70. The van der Waals surface area contributed by atoms with E-state index >= 15 is 0 Å². The number of nitrogen functional groups attached to an aromatic ring is 2. The number of rotatable bonds is 0.